The first kappa shape index (κ1) is 14.6. The van der Waals surface area contributed by atoms with Gasteiger partial charge in [0.05, 0.1) is 16.3 Å². The van der Waals surface area contributed by atoms with E-state index in [1.807, 2.05) is 11.0 Å². The van der Waals surface area contributed by atoms with Gasteiger partial charge in [-0.1, -0.05) is 0 Å². The number of amides is 1. The summed E-state index contributed by atoms with van der Waals surface area (Å²) in [6.45, 7) is 2.16. The van der Waals surface area contributed by atoms with Crippen LogP contribution in [0.4, 0.5) is 5.69 Å². The van der Waals surface area contributed by atoms with Crippen LogP contribution in [-0.2, 0) is 11.2 Å². The first-order chi connectivity index (χ1) is 10.6. The zero-order valence-electron chi connectivity index (χ0n) is 13.0. The smallest absolute Gasteiger partial charge is 0.230 e. The number of anilines is 1. The van der Waals surface area contributed by atoms with Crippen molar-refractivity contribution in [3.63, 3.8) is 0 Å². The van der Waals surface area contributed by atoms with Gasteiger partial charge in [-0.05, 0) is 79.9 Å². The molecule has 4 heteroatoms. The molecule has 0 N–H and O–H groups in total. The molecular formula is C18H22BrNO2. The molecule has 1 heterocycles. The van der Waals surface area contributed by atoms with Crippen LogP contribution in [0.3, 0.4) is 0 Å². The molecule has 4 rings (SSSR count). The third-order valence-corrected chi connectivity index (χ3v) is 5.83. The third-order valence-electron chi connectivity index (χ3n) is 5.20. The van der Waals surface area contributed by atoms with Gasteiger partial charge in [0.15, 0.2) is 0 Å². The monoisotopic (exact) mass is 363 g/mol. The minimum Gasteiger partial charge on any atom is -0.489 e. The first-order valence-electron chi connectivity index (χ1n) is 8.46. The molecule has 1 atom stereocenters. The van der Waals surface area contributed by atoms with Gasteiger partial charge >= 0.3 is 0 Å². The van der Waals surface area contributed by atoms with Crippen molar-refractivity contribution in [3.05, 3.63) is 22.2 Å². The van der Waals surface area contributed by atoms with Crippen molar-refractivity contribution in [2.24, 2.45) is 5.92 Å². The highest BCUT2D eigenvalue weighted by molar-refractivity contribution is 9.10. The molecule has 2 saturated carbocycles. The van der Waals surface area contributed by atoms with Gasteiger partial charge in [0.1, 0.15) is 5.75 Å². The lowest BCUT2D eigenvalue weighted by molar-refractivity contribution is -0.120. The Labute approximate surface area is 140 Å². The molecule has 0 spiro atoms. The maximum atomic E-state index is 12.7. The van der Waals surface area contributed by atoms with Gasteiger partial charge in [-0.3, -0.25) is 4.79 Å². The first-order valence-corrected chi connectivity index (χ1v) is 9.25. The van der Waals surface area contributed by atoms with E-state index < -0.39 is 0 Å². The van der Waals surface area contributed by atoms with Gasteiger partial charge < -0.3 is 9.64 Å². The molecule has 22 heavy (non-hydrogen) atoms. The fourth-order valence-corrected chi connectivity index (χ4v) is 3.89. The van der Waals surface area contributed by atoms with Crippen LogP contribution in [0.15, 0.2) is 16.6 Å². The molecule has 2 fully saturated rings. The molecule has 1 amide bonds. The average Bonchev–Trinajstić information content (AvgIpc) is 3.28. The molecule has 0 bridgehead atoms. The maximum Gasteiger partial charge on any atom is 0.230 e. The van der Waals surface area contributed by atoms with E-state index >= 15 is 0 Å². The average molecular weight is 364 g/mol. The number of hydrogen-bond donors (Lipinski definition) is 0. The van der Waals surface area contributed by atoms with Crippen LogP contribution < -0.4 is 9.64 Å². The van der Waals surface area contributed by atoms with Crippen LogP contribution in [0.2, 0.25) is 0 Å². The van der Waals surface area contributed by atoms with Crippen LogP contribution in [0.1, 0.15) is 51.0 Å². The Morgan fingerprint density at radius 3 is 2.64 bits per heavy atom. The highest BCUT2D eigenvalue weighted by atomic mass is 79.9. The molecule has 1 unspecified atom stereocenters. The van der Waals surface area contributed by atoms with Crippen LogP contribution in [0, 0.1) is 5.92 Å². The van der Waals surface area contributed by atoms with E-state index in [-0.39, 0.29) is 5.92 Å². The number of ether oxygens (including phenoxy) is 1. The van der Waals surface area contributed by atoms with Gasteiger partial charge in [0.2, 0.25) is 5.91 Å². The van der Waals surface area contributed by atoms with E-state index in [2.05, 4.69) is 28.9 Å². The second kappa shape index (κ2) is 5.55. The van der Waals surface area contributed by atoms with Gasteiger partial charge in [-0.2, -0.15) is 0 Å². The number of carbonyl (C=O) groups is 1. The molecule has 3 nitrogen and oxygen atoms in total. The molecule has 0 radical (unpaired) electrons. The Morgan fingerprint density at radius 1 is 1.23 bits per heavy atom. The fraction of sp³-hybridized carbons (Fsp3) is 0.611. The molecule has 2 aliphatic carbocycles. The van der Waals surface area contributed by atoms with E-state index in [4.69, 9.17) is 4.74 Å². The minimum absolute atomic E-state index is 0.257. The molecular weight excluding hydrogens is 342 g/mol. The maximum absolute atomic E-state index is 12.7. The number of rotatable bonds is 3. The summed E-state index contributed by atoms with van der Waals surface area (Å²) in [5, 5.41) is 0. The normalized spacial score (nSPS) is 24.6. The van der Waals surface area contributed by atoms with E-state index in [0.717, 1.165) is 54.4 Å². The van der Waals surface area contributed by atoms with Crippen molar-refractivity contribution < 1.29 is 9.53 Å². The molecule has 1 aliphatic heterocycles. The molecule has 1 aromatic carbocycles. The summed E-state index contributed by atoms with van der Waals surface area (Å²) in [5.41, 5.74) is 2.29. The molecule has 0 saturated heterocycles. The van der Waals surface area contributed by atoms with E-state index in [1.165, 1.54) is 12.0 Å². The zero-order valence-corrected chi connectivity index (χ0v) is 14.6. The van der Waals surface area contributed by atoms with Crippen molar-refractivity contribution in [2.45, 2.75) is 64.0 Å². The van der Waals surface area contributed by atoms with E-state index in [1.54, 1.807) is 0 Å². The summed E-state index contributed by atoms with van der Waals surface area (Å²) >= 11 is 3.64. The molecule has 0 aromatic heterocycles. The number of fused-ring (bicyclic) bond motifs is 1. The number of halogens is 1. The third kappa shape index (κ3) is 2.45. The predicted octanol–water partition coefficient (Wildman–Crippen LogP) is 4.46. The van der Waals surface area contributed by atoms with Crippen molar-refractivity contribution in [1.29, 1.82) is 0 Å². The topological polar surface area (TPSA) is 29.5 Å². The second-order valence-corrected chi connectivity index (χ2v) is 7.77. The standard InChI is InChI=1S/C18H22BrNO2/c1-11-5-8-14-16(20(11)18(21)12-6-7-12)10-9-15(19)17(14)22-13-3-2-4-13/h9-13H,2-8H2,1H3. The minimum atomic E-state index is 0.257. The highest BCUT2D eigenvalue weighted by Crippen LogP contribution is 2.44. The Kier molecular flexibility index (Phi) is 3.67. The predicted molar refractivity (Wildman–Crippen MR) is 90.4 cm³/mol. The summed E-state index contributed by atoms with van der Waals surface area (Å²) in [4.78, 5) is 14.7. The Hall–Kier alpha value is -1.03. The Bertz CT molecular complexity index is 607. The van der Waals surface area contributed by atoms with Gasteiger partial charge in [-0.15, -0.1) is 0 Å². The van der Waals surface area contributed by atoms with Gasteiger partial charge in [0.25, 0.3) is 0 Å². The lowest BCUT2D eigenvalue weighted by Crippen LogP contribution is -2.43. The Morgan fingerprint density at radius 2 is 2.00 bits per heavy atom. The SMILES string of the molecule is CC1CCc2c(ccc(Br)c2OC2CCC2)N1C(=O)C1CC1. The van der Waals surface area contributed by atoms with Crippen LogP contribution in [-0.4, -0.2) is 18.1 Å². The summed E-state index contributed by atoms with van der Waals surface area (Å²) in [7, 11) is 0. The summed E-state index contributed by atoms with van der Waals surface area (Å²) < 4.78 is 7.25. The Balaban J connectivity index is 1.71. The highest BCUT2D eigenvalue weighted by Gasteiger charge is 2.39. The second-order valence-electron chi connectivity index (χ2n) is 6.92. The quantitative estimate of drug-likeness (QED) is 0.793. The van der Waals surface area contributed by atoms with E-state index in [9.17, 15) is 4.79 Å². The fourth-order valence-electron chi connectivity index (χ4n) is 3.42. The molecule has 3 aliphatic rings. The number of carbonyl (C=O) groups excluding carboxylic acids is 1. The summed E-state index contributed by atoms with van der Waals surface area (Å²) in [6, 6.07) is 4.42. The van der Waals surface area contributed by atoms with Crippen LogP contribution in [0.25, 0.3) is 0 Å². The molecule has 1 aromatic rings. The van der Waals surface area contributed by atoms with Crippen LogP contribution in [0.5, 0.6) is 5.75 Å². The number of nitrogens with zero attached hydrogens (tertiary/aromatic N) is 1. The van der Waals surface area contributed by atoms with Crippen molar-refractivity contribution in [3.8, 4) is 5.75 Å². The lowest BCUT2D eigenvalue weighted by Gasteiger charge is -2.37. The van der Waals surface area contributed by atoms with Crippen LogP contribution >= 0.6 is 15.9 Å². The van der Waals surface area contributed by atoms with Crippen molar-refractivity contribution >= 4 is 27.5 Å². The van der Waals surface area contributed by atoms with Gasteiger partial charge in [-0.25, -0.2) is 0 Å². The number of hydrogen-bond acceptors (Lipinski definition) is 2. The van der Waals surface area contributed by atoms with E-state index in [0.29, 0.717) is 18.1 Å². The molecule has 118 valence electrons. The van der Waals surface area contributed by atoms with Crippen molar-refractivity contribution in [1.82, 2.24) is 0 Å². The van der Waals surface area contributed by atoms with Gasteiger partial charge in [0, 0.05) is 17.5 Å². The van der Waals surface area contributed by atoms with Crippen molar-refractivity contribution in [2.75, 3.05) is 4.90 Å². The number of benzene rings is 1. The summed E-state index contributed by atoms with van der Waals surface area (Å²) in [5.74, 6) is 1.54. The lowest BCUT2D eigenvalue weighted by atomic mass is 9.93. The summed E-state index contributed by atoms with van der Waals surface area (Å²) in [6.07, 6.45) is 8.04. The largest absolute Gasteiger partial charge is 0.489 e. The zero-order chi connectivity index (χ0) is 15.3.